The lowest BCUT2D eigenvalue weighted by atomic mass is 11.0. The minimum atomic E-state index is -1.14. The molecule has 0 bridgehead atoms. The molecule has 0 amide bonds. The minimum Gasteiger partial charge on any atom is -0.344 e. The van der Waals surface area contributed by atoms with Crippen molar-refractivity contribution in [3.8, 4) is 0 Å². The van der Waals surface area contributed by atoms with Crippen LogP contribution in [0.1, 0.15) is 0 Å². The predicted octanol–water partition coefficient (Wildman–Crippen LogP) is -1.17. The Morgan fingerprint density at radius 2 is 2.12 bits per heavy atom. The monoisotopic (exact) mass is 123 g/mol. The highest BCUT2D eigenvalue weighted by Gasteiger charge is 2.50. The van der Waals surface area contributed by atoms with E-state index < -0.39 is 6.10 Å². The molecule has 6 N–H and O–H groups in total. The lowest BCUT2D eigenvalue weighted by Gasteiger charge is -1.96. The molecule has 1 aliphatic rings. The van der Waals surface area contributed by atoms with Gasteiger partial charge in [0, 0.05) is 0 Å². The summed E-state index contributed by atoms with van der Waals surface area (Å²) in [6, 6.07) is 0. The maximum absolute atomic E-state index is 4.67. The van der Waals surface area contributed by atoms with Crippen LogP contribution in [0.4, 0.5) is 0 Å². The molecule has 6 heteroatoms. The highest BCUT2D eigenvalue weighted by Crippen LogP contribution is 2.23. The van der Waals surface area contributed by atoms with Crippen molar-refractivity contribution in [1.29, 1.82) is 0 Å². The fourth-order valence-electron chi connectivity index (χ4n) is 0.219. The molecule has 1 saturated heterocycles. The van der Waals surface area contributed by atoms with Crippen LogP contribution >= 0.6 is 0 Å². The Morgan fingerprint density at radius 3 is 2.12 bits per heavy atom. The van der Waals surface area contributed by atoms with Crippen molar-refractivity contribution in [2.45, 2.75) is 6.10 Å². The molecule has 0 radical (unpaired) electrons. The summed E-state index contributed by atoms with van der Waals surface area (Å²) in [5.74, 6) is 4.67. The summed E-state index contributed by atoms with van der Waals surface area (Å²) in [4.78, 5) is 12.6. The van der Waals surface area contributed by atoms with Crippen molar-refractivity contribution in [2.24, 2.45) is 5.90 Å². The number of nitrogens with two attached hydrogens (primary N) is 1. The van der Waals surface area contributed by atoms with Crippen LogP contribution in [0.15, 0.2) is 0 Å². The van der Waals surface area contributed by atoms with Crippen LogP contribution in [-0.2, 0) is 14.6 Å². The van der Waals surface area contributed by atoms with Gasteiger partial charge in [0.1, 0.15) is 0 Å². The minimum absolute atomic E-state index is 0. The van der Waals surface area contributed by atoms with Gasteiger partial charge in [-0.05, 0) is 7.05 Å². The summed E-state index contributed by atoms with van der Waals surface area (Å²) in [6.07, 6.45) is -1.14. The summed E-state index contributed by atoms with van der Waals surface area (Å²) in [6.45, 7) is 0. The third-order valence-corrected chi connectivity index (χ3v) is 0.696. The summed E-state index contributed by atoms with van der Waals surface area (Å²) in [5.41, 5.74) is 0. The summed E-state index contributed by atoms with van der Waals surface area (Å²) in [7, 11) is 1.60. The van der Waals surface area contributed by atoms with E-state index in [0.29, 0.717) is 0 Å². The van der Waals surface area contributed by atoms with E-state index in [1.165, 1.54) is 0 Å². The lowest BCUT2D eigenvalue weighted by Crippen LogP contribution is -2.34. The third-order valence-electron chi connectivity index (χ3n) is 0.696. The van der Waals surface area contributed by atoms with E-state index in [2.05, 4.69) is 25.8 Å². The van der Waals surface area contributed by atoms with Gasteiger partial charge >= 0.3 is 6.10 Å². The number of nitrogens with one attached hydrogen (secondary N) is 1. The van der Waals surface area contributed by atoms with Gasteiger partial charge < -0.3 is 6.15 Å². The second-order valence-electron chi connectivity index (χ2n) is 1.09. The number of rotatable bonds is 2. The first-order chi connectivity index (χ1) is 3.33. The summed E-state index contributed by atoms with van der Waals surface area (Å²) in [5, 5.41) is 2.51. The first-order valence-corrected chi connectivity index (χ1v) is 1.76. The van der Waals surface area contributed by atoms with Gasteiger partial charge in [-0.2, -0.15) is 0 Å². The Morgan fingerprint density at radius 1 is 1.62 bits per heavy atom. The SMILES string of the molecule is CNC1(ON)OO1.N. The van der Waals surface area contributed by atoms with E-state index in [-0.39, 0.29) is 6.15 Å². The topological polar surface area (TPSA) is 107 Å². The Hall–Kier alpha value is -0.240. The second kappa shape index (κ2) is 2.35. The molecule has 0 saturated carbocycles. The van der Waals surface area contributed by atoms with Crippen LogP contribution in [0, 0.1) is 0 Å². The largest absolute Gasteiger partial charge is 0.420 e. The van der Waals surface area contributed by atoms with Crippen LogP contribution in [0.3, 0.4) is 0 Å². The summed E-state index contributed by atoms with van der Waals surface area (Å²) >= 11 is 0. The van der Waals surface area contributed by atoms with Gasteiger partial charge in [0.2, 0.25) is 0 Å². The van der Waals surface area contributed by atoms with Gasteiger partial charge in [-0.15, -0.1) is 9.78 Å². The second-order valence-corrected chi connectivity index (χ2v) is 1.09. The Bertz CT molecular complexity index is 66.9. The van der Waals surface area contributed by atoms with Gasteiger partial charge in [-0.25, -0.2) is 16.1 Å². The Labute approximate surface area is 46.3 Å². The van der Waals surface area contributed by atoms with E-state index in [1.807, 2.05) is 0 Å². The number of hydrogen-bond acceptors (Lipinski definition) is 6. The molecule has 1 fully saturated rings. The van der Waals surface area contributed by atoms with Gasteiger partial charge in [-0.1, -0.05) is 0 Å². The first kappa shape index (κ1) is 7.76. The first-order valence-electron chi connectivity index (χ1n) is 1.76. The highest BCUT2D eigenvalue weighted by molar-refractivity contribution is 4.48. The van der Waals surface area contributed by atoms with E-state index in [9.17, 15) is 0 Å². The molecule has 0 aromatic heterocycles. The van der Waals surface area contributed by atoms with E-state index in [1.54, 1.807) is 7.05 Å². The van der Waals surface area contributed by atoms with Crippen molar-refractivity contribution >= 4 is 0 Å². The zero-order valence-electron chi connectivity index (χ0n) is 4.51. The highest BCUT2D eigenvalue weighted by atomic mass is 17.5. The predicted molar refractivity (Wildman–Crippen MR) is 24.3 cm³/mol. The molecule has 0 atom stereocenters. The fourth-order valence-corrected chi connectivity index (χ4v) is 0.219. The molecular formula is C2H9N3O3. The zero-order chi connectivity index (χ0) is 5.33. The van der Waals surface area contributed by atoms with Crippen LogP contribution in [0.2, 0.25) is 0 Å². The fraction of sp³-hybridized carbons (Fsp3) is 1.00. The molecule has 0 aliphatic carbocycles. The van der Waals surface area contributed by atoms with Crippen molar-refractivity contribution < 1.29 is 14.6 Å². The average Bonchev–Trinajstić information content (AvgIpc) is 2.46. The van der Waals surface area contributed by atoms with E-state index in [0.717, 1.165) is 0 Å². The average molecular weight is 123 g/mol. The molecule has 6 nitrogen and oxygen atoms in total. The molecule has 0 aromatic carbocycles. The van der Waals surface area contributed by atoms with Crippen LogP contribution < -0.4 is 17.4 Å². The van der Waals surface area contributed by atoms with Crippen LogP contribution in [-0.4, -0.2) is 13.1 Å². The van der Waals surface area contributed by atoms with Gasteiger partial charge in [0.15, 0.2) is 0 Å². The van der Waals surface area contributed by atoms with Crippen molar-refractivity contribution in [3.05, 3.63) is 0 Å². The van der Waals surface area contributed by atoms with Crippen LogP contribution in [0.25, 0.3) is 0 Å². The van der Waals surface area contributed by atoms with E-state index in [4.69, 9.17) is 0 Å². The maximum Gasteiger partial charge on any atom is 0.420 e. The Kier molecular flexibility index (Phi) is 2.28. The molecule has 0 spiro atoms. The molecule has 1 aliphatic heterocycles. The summed E-state index contributed by atoms with van der Waals surface area (Å²) < 4.78 is 0. The van der Waals surface area contributed by atoms with E-state index >= 15 is 0 Å². The molecular weight excluding hydrogens is 114 g/mol. The third kappa shape index (κ3) is 1.13. The van der Waals surface area contributed by atoms with Crippen molar-refractivity contribution in [2.75, 3.05) is 7.05 Å². The normalized spacial score (nSPS) is 21.8. The van der Waals surface area contributed by atoms with Gasteiger partial charge in [0.05, 0.1) is 0 Å². The zero-order valence-corrected chi connectivity index (χ0v) is 4.51. The quantitative estimate of drug-likeness (QED) is 0.185. The number of hydrogen-bond donors (Lipinski definition) is 3. The maximum atomic E-state index is 4.67. The van der Waals surface area contributed by atoms with Crippen molar-refractivity contribution in [1.82, 2.24) is 11.5 Å². The molecule has 8 heavy (non-hydrogen) atoms. The molecule has 1 rings (SSSR count). The Balaban J connectivity index is 0.000000490. The molecule has 50 valence electrons. The van der Waals surface area contributed by atoms with Crippen LogP contribution in [0.5, 0.6) is 0 Å². The van der Waals surface area contributed by atoms with Crippen molar-refractivity contribution in [3.63, 3.8) is 0 Å². The molecule has 1 heterocycles. The van der Waals surface area contributed by atoms with Gasteiger partial charge in [-0.3, -0.25) is 0 Å². The molecule has 0 unspecified atom stereocenters. The standard InChI is InChI=1S/C2H6N2O3.H3N/c1-4-2(5-3)6-7-2;/h4H,3H2,1H3;1H3. The molecule has 0 aromatic rings. The smallest absolute Gasteiger partial charge is 0.344 e. The lowest BCUT2D eigenvalue weighted by molar-refractivity contribution is -0.0774. The van der Waals surface area contributed by atoms with Gasteiger partial charge in [0.25, 0.3) is 0 Å².